The van der Waals surface area contributed by atoms with Crippen molar-refractivity contribution in [2.75, 3.05) is 32.7 Å². The second kappa shape index (κ2) is 8.78. The van der Waals surface area contributed by atoms with E-state index in [-0.39, 0.29) is 11.8 Å². The van der Waals surface area contributed by atoms with Crippen molar-refractivity contribution in [3.05, 3.63) is 70.3 Å². The van der Waals surface area contributed by atoms with Crippen molar-refractivity contribution in [2.45, 2.75) is 32.7 Å². The average molecular weight is 392 g/mol. The number of hydrogen-bond donors (Lipinski definition) is 1. The molecule has 0 spiro atoms. The fourth-order valence-corrected chi connectivity index (χ4v) is 4.23. The van der Waals surface area contributed by atoms with Crippen LogP contribution < -0.4 is 5.32 Å². The van der Waals surface area contributed by atoms with Gasteiger partial charge in [-0.25, -0.2) is 0 Å². The Morgan fingerprint density at radius 2 is 1.76 bits per heavy atom. The highest BCUT2D eigenvalue weighted by molar-refractivity contribution is 5.94. The van der Waals surface area contributed by atoms with Gasteiger partial charge < -0.3 is 15.1 Å². The molecule has 2 aliphatic rings. The summed E-state index contributed by atoms with van der Waals surface area (Å²) in [5, 5.41) is 3.36. The summed E-state index contributed by atoms with van der Waals surface area (Å²) < 4.78 is 0. The van der Waals surface area contributed by atoms with Gasteiger partial charge in [0, 0.05) is 44.7 Å². The van der Waals surface area contributed by atoms with Gasteiger partial charge in [-0.1, -0.05) is 35.9 Å². The number of hydrogen-bond acceptors (Lipinski definition) is 3. The first-order valence-electron chi connectivity index (χ1n) is 10.6. The molecular formula is C24H29N3O2. The third-order valence-electron chi connectivity index (χ3n) is 5.97. The molecule has 0 bridgehead atoms. The number of nitrogens with zero attached hydrogens (tertiary/aromatic N) is 2. The number of piperazine rings is 1. The highest BCUT2D eigenvalue weighted by Gasteiger charge is 2.25. The van der Waals surface area contributed by atoms with Crippen LogP contribution in [0.1, 0.15) is 39.0 Å². The number of rotatable bonds is 4. The zero-order chi connectivity index (χ0) is 20.2. The molecule has 0 aromatic heterocycles. The van der Waals surface area contributed by atoms with Crippen molar-refractivity contribution in [2.24, 2.45) is 0 Å². The van der Waals surface area contributed by atoms with Crippen molar-refractivity contribution in [1.29, 1.82) is 0 Å². The Balaban J connectivity index is 1.29. The van der Waals surface area contributed by atoms with Gasteiger partial charge >= 0.3 is 0 Å². The van der Waals surface area contributed by atoms with Crippen LogP contribution in [-0.4, -0.2) is 54.3 Å². The molecule has 1 N–H and O–H groups in total. The summed E-state index contributed by atoms with van der Waals surface area (Å²) >= 11 is 0. The van der Waals surface area contributed by atoms with Gasteiger partial charge in [-0.2, -0.15) is 0 Å². The first kappa shape index (κ1) is 19.6. The number of carbonyl (C=O) groups excluding carboxylic acids is 2. The fourth-order valence-electron chi connectivity index (χ4n) is 4.23. The topological polar surface area (TPSA) is 52.7 Å². The third-order valence-corrected chi connectivity index (χ3v) is 5.97. The fraction of sp³-hybridized carbons (Fsp3) is 0.417. The third kappa shape index (κ3) is 4.67. The molecule has 29 heavy (non-hydrogen) atoms. The largest absolute Gasteiger partial charge is 0.339 e. The summed E-state index contributed by atoms with van der Waals surface area (Å²) in [6, 6.07) is 14.4. The summed E-state index contributed by atoms with van der Waals surface area (Å²) in [7, 11) is 0. The van der Waals surface area contributed by atoms with Crippen molar-refractivity contribution < 1.29 is 9.59 Å². The lowest BCUT2D eigenvalue weighted by Gasteiger charge is -2.35. The van der Waals surface area contributed by atoms with E-state index >= 15 is 0 Å². The second-order valence-corrected chi connectivity index (χ2v) is 8.07. The molecule has 0 unspecified atom stereocenters. The average Bonchev–Trinajstić information content (AvgIpc) is 2.77. The Kier molecular flexibility index (Phi) is 5.95. The number of nitrogens with one attached hydrogen (secondary N) is 1. The summed E-state index contributed by atoms with van der Waals surface area (Å²) in [6.07, 6.45) is 2.26. The summed E-state index contributed by atoms with van der Waals surface area (Å²) in [6.45, 7) is 6.37. The van der Waals surface area contributed by atoms with E-state index in [1.165, 1.54) is 22.3 Å². The zero-order valence-electron chi connectivity index (χ0n) is 17.1. The van der Waals surface area contributed by atoms with Crippen LogP contribution in [0.3, 0.4) is 0 Å². The SMILES string of the molecule is Cc1cccc(CCC(=O)N2CCN(C(=O)c3ccc4c(c3)CCNC4)CC2)c1. The summed E-state index contributed by atoms with van der Waals surface area (Å²) in [5.41, 5.74) is 5.76. The normalized spacial score (nSPS) is 16.4. The molecule has 0 saturated carbocycles. The van der Waals surface area contributed by atoms with Crippen molar-refractivity contribution in [1.82, 2.24) is 15.1 Å². The van der Waals surface area contributed by atoms with Crippen LogP contribution in [-0.2, 0) is 24.2 Å². The van der Waals surface area contributed by atoms with Gasteiger partial charge in [-0.15, -0.1) is 0 Å². The molecule has 5 nitrogen and oxygen atoms in total. The maximum Gasteiger partial charge on any atom is 0.253 e. The van der Waals surface area contributed by atoms with Gasteiger partial charge in [0.05, 0.1) is 0 Å². The minimum absolute atomic E-state index is 0.0817. The minimum Gasteiger partial charge on any atom is -0.339 e. The molecule has 5 heteroatoms. The molecule has 0 atom stereocenters. The van der Waals surface area contributed by atoms with Gasteiger partial charge in [0.25, 0.3) is 5.91 Å². The molecule has 2 amide bonds. The van der Waals surface area contributed by atoms with E-state index < -0.39 is 0 Å². The molecule has 2 heterocycles. The summed E-state index contributed by atoms with van der Waals surface area (Å²) in [4.78, 5) is 29.3. The van der Waals surface area contributed by atoms with E-state index in [0.29, 0.717) is 32.6 Å². The Labute approximate surface area is 172 Å². The number of aryl methyl sites for hydroxylation is 2. The molecule has 1 saturated heterocycles. The predicted octanol–water partition coefficient (Wildman–Crippen LogP) is 2.56. The maximum absolute atomic E-state index is 12.9. The van der Waals surface area contributed by atoms with E-state index in [2.05, 4.69) is 42.6 Å². The van der Waals surface area contributed by atoms with E-state index in [1.54, 1.807) is 0 Å². The zero-order valence-corrected chi connectivity index (χ0v) is 17.1. The van der Waals surface area contributed by atoms with Crippen LogP contribution in [0.25, 0.3) is 0 Å². The maximum atomic E-state index is 12.9. The number of fused-ring (bicyclic) bond motifs is 1. The molecule has 2 aliphatic heterocycles. The predicted molar refractivity (Wildman–Crippen MR) is 114 cm³/mol. The molecular weight excluding hydrogens is 362 g/mol. The highest BCUT2D eigenvalue weighted by Crippen LogP contribution is 2.18. The van der Waals surface area contributed by atoms with Crippen LogP contribution in [0.2, 0.25) is 0 Å². The Morgan fingerprint density at radius 3 is 2.55 bits per heavy atom. The molecule has 0 aliphatic carbocycles. The van der Waals surface area contributed by atoms with Crippen LogP contribution in [0.4, 0.5) is 0 Å². The van der Waals surface area contributed by atoms with Crippen LogP contribution >= 0.6 is 0 Å². The van der Waals surface area contributed by atoms with Gasteiger partial charge in [0.2, 0.25) is 5.91 Å². The van der Waals surface area contributed by atoms with Crippen LogP contribution in [0, 0.1) is 6.92 Å². The molecule has 152 valence electrons. The quantitative estimate of drug-likeness (QED) is 0.872. The van der Waals surface area contributed by atoms with Gasteiger partial charge in [-0.05, 0) is 55.1 Å². The lowest BCUT2D eigenvalue weighted by Crippen LogP contribution is -2.50. The number of carbonyl (C=O) groups is 2. The first-order valence-corrected chi connectivity index (χ1v) is 10.6. The molecule has 2 aromatic rings. The molecule has 2 aromatic carbocycles. The highest BCUT2D eigenvalue weighted by atomic mass is 16.2. The Morgan fingerprint density at radius 1 is 0.966 bits per heavy atom. The number of amides is 2. The first-order chi connectivity index (χ1) is 14.1. The van der Waals surface area contributed by atoms with E-state index in [4.69, 9.17) is 0 Å². The van der Waals surface area contributed by atoms with Crippen molar-refractivity contribution in [3.8, 4) is 0 Å². The van der Waals surface area contributed by atoms with Crippen LogP contribution in [0.5, 0.6) is 0 Å². The smallest absolute Gasteiger partial charge is 0.253 e. The van der Waals surface area contributed by atoms with E-state index in [9.17, 15) is 9.59 Å². The molecule has 1 fully saturated rings. The standard InChI is InChI=1S/C24H29N3O2/c1-18-3-2-4-19(15-18)5-8-23(28)26-11-13-27(14-12-26)24(29)21-6-7-22-17-25-10-9-20(22)16-21/h2-4,6-7,15-16,25H,5,8-14,17H2,1H3. The Hall–Kier alpha value is -2.66. The lowest BCUT2D eigenvalue weighted by molar-refractivity contribution is -0.132. The van der Waals surface area contributed by atoms with Gasteiger partial charge in [0.15, 0.2) is 0 Å². The van der Waals surface area contributed by atoms with Crippen LogP contribution in [0.15, 0.2) is 42.5 Å². The van der Waals surface area contributed by atoms with E-state index in [0.717, 1.165) is 31.5 Å². The van der Waals surface area contributed by atoms with Gasteiger partial charge in [0.1, 0.15) is 0 Å². The minimum atomic E-state index is 0.0817. The molecule has 4 rings (SSSR count). The summed E-state index contributed by atoms with van der Waals surface area (Å²) in [5.74, 6) is 0.262. The van der Waals surface area contributed by atoms with Gasteiger partial charge in [-0.3, -0.25) is 9.59 Å². The van der Waals surface area contributed by atoms with Crippen molar-refractivity contribution in [3.63, 3.8) is 0 Å². The van der Waals surface area contributed by atoms with Crippen molar-refractivity contribution >= 4 is 11.8 Å². The monoisotopic (exact) mass is 391 g/mol. The molecule has 0 radical (unpaired) electrons. The lowest BCUT2D eigenvalue weighted by atomic mass is 9.98. The Bertz CT molecular complexity index is 901. The number of benzene rings is 2. The van der Waals surface area contributed by atoms with E-state index in [1.807, 2.05) is 21.9 Å². The second-order valence-electron chi connectivity index (χ2n) is 8.07.